The summed E-state index contributed by atoms with van der Waals surface area (Å²) in [5, 5.41) is 15.7. The van der Waals surface area contributed by atoms with Crippen molar-refractivity contribution in [2.45, 2.75) is 0 Å². The van der Waals surface area contributed by atoms with E-state index in [0.717, 1.165) is 11.4 Å². The Hall–Kier alpha value is -2.09. The van der Waals surface area contributed by atoms with Gasteiger partial charge in [0.15, 0.2) is 5.11 Å². The van der Waals surface area contributed by atoms with Crippen molar-refractivity contribution in [2.24, 2.45) is 0 Å². The zero-order valence-electron chi connectivity index (χ0n) is 9.85. The molecule has 0 saturated heterocycles. The van der Waals surface area contributed by atoms with Crippen LogP contribution in [0.25, 0.3) is 0 Å². The molecule has 0 bridgehead atoms. The van der Waals surface area contributed by atoms with Crippen LogP contribution in [0.15, 0.2) is 48.5 Å². The molecule has 0 unspecified atom stereocenters. The molecule has 2 aromatic rings. The molecule has 0 saturated carbocycles. The first-order valence-electron chi connectivity index (χ1n) is 5.52. The normalized spacial score (nSPS) is 9.47. The fourth-order valence-corrected chi connectivity index (χ4v) is 1.96. The van der Waals surface area contributed by atoms with Crippen LogP contribution in [-0.4, -0.2) is 5.11 Å². The maximum atomic E-state index is 8.79. The van der Waals surface area contributed by atoms with Crippen molar-refractivity contribution >= 4 is 40.3 Å². The van der Waals surface area contributed by atoms with Gasteiger partial charge in [-0.3, -0.25) is 0 Å². The molecular formula is C14H10ClN3S. The van der Waals surface area contributed by atoms with Gasteiger partial charge in [-0.2, -0.15) is 5.26 Å². The lowest BCUT2D eigenvalue weighted by molar-refractivity contribution is 1.48. The van der Waals surface area contributed by atoms with Crippen LogP contribution in [0.5, 0.6) is 0 Å². The van der Waals surface area contributed by atoms with Crippen molar-refractivity contribution < 1.29 is 0 Å². The van der Waals surface area contributed by atoms with Crippen LogP contribution in [0.1, 0.15) is 5.56 Å². The first-order valence-corrected chi connectivity index (χ1v) is 6.30. The van der Waals surface area contributed by atoms with Gasteiger partial charge < -0.3 is 10.6 Å². The molecule has 2 aromatic carbocycles. The number of halogens is 1. The van der Waals surface area contributed by atoms with Gasteiger partial charge >= 0.3 is 0 Å². The number of nitrogens with zero attached hydrogens (tertiary/aromatic N) is 1. The van der Waals surface area contributed by atoms with E-state index >= 15 is 0 Å². The van der Waals surface area contributed by atoms with E-state index in [4.69, 9.17) is 29.1 Å². The van der Waals surface area contributed by atoms with Crippen molar-refractivity contribution in [3.05, 3.63) is 59.1 Å². The van der Waals surface area contributed by atoms with Crippen LogP contribution in [0.4, 0.5) is 11.4 Å². The lowest BCUT2D eigenvalue weighted by Gasteiger charge is -2.10. The minimum absolute atomic E-state index is 0.398. The fraction of sp³-hybridized carbons (Fsp3) is 0. The quantitative estimate of drug-likeness (QED) is 0.819. The van der Waals surface area contributed by atoms with Gasteiger partial charge in [0.25, 0.3) is 0 Å². The molecular weight excluding hydrogens is 278 g/mol. The van der Waals surface area contributed by atoms with Gasteiger partial charge in [0.2, 0.25) is 0 Å². The van der Waals surface area contributed by atoms with Crippen molar-refractivity contribution in [1.82, 2.24) is 0 Å². The number of nitrogens with one attached hydrogen (secondary N) is 2. The summed E-state index contributed by atoms with van der Waals surface area (Å²) in [6.07, 6.45) is 0. The van der Waals surface area contributed by atoms with Crippen LogP contribution < -0.4 is 10.6 Å². The molecule has 0 aliphatic rings. The predicted octanol–water partition coefficient (Wildman–Crippen LogP) is 4.02. The van der Waals surface area contributed by atoms with Crippen LogP contribution in [-0.2, 0) is 0 Å². The fourth-order valence-electron chi connectivity index (χ4n) is 1.50. The lowest BCUT2D eigenvalue weighted by Crippen LogP contribution is -2.18. The molecule has 5 heteroatoms. The number of rotatable bonds is 2. The van der Waals surface area contributed by atoms with E-state index in [1.807, 2.05) is 36.4 Å². The summed E-state index contributed by atoms with van der Waals surface area (Å²) >= 11 is 11.1. The van der Waals surface area contributed by atoms with Gasteiger partial charge in [0.05, 0.1) is 10.6 Å². The van der Waals surface area contributed by atoms with E-state index < -0.39 is 0 Å². The summed E-state index contributed by atoms with van der Waals surface area (Å²) in [6, 6.07) is 16.7. The SMILES string of the molecule is N#Cc1ccc(NC(=S)Nc2ccccc2)cc1Cl. The summed E-state index contributed by atoms with van der Waals surface area (Å²) in [5.41, 5.74) is 2.08. The number of anilines is 2. The summed E-state index contributed by atoms with van der Waals surface area (Å²) in [7, 11) is 0. The van der Waals surface area contributed by atoms with E-state index in [0.29, 0.717) is 15.7 Å². The Bertz CT molecular complexity index is 635. The molecule has 19 heavy (non-hydrogen) atoms. The molecule has 0 amide bonds. The van der Waals surface area contributed by atoms with E-state index in [1.165, 1.54) is 0 Å². The first kappa shape index (κ1) is 13.3. The largest absolute Gasteiger partial charge is 0.332 e. The van der Waals surface area contributed by atoms with Gasteiger partial charge in [0.1, 0.15) is 6.07 Å². The highest BCUT2D eigenvalue weighted by Gasteiger charge is 2.03. The second kappa shape index (κ2) is 6.19. The Morgan fingerprint density at radius 1 is 1.05 bits per heavy atom. The van der Waals surface area contributed by atoms with Gasteiger partial charge in [-0.25, -0.2) is 0 Å². The van der Waals surface area contributed by atoms with E-state index in [9.17, 15) is 0 Å². The third kappa shape index (κ3) is 3.68. The monoisotopic (exact) mass is 287 g/mol. The highest BCUT2D eigenvalue weighted by molar-refractivity contribution is 7.80. The van der Waals surface area contributed by atoms with E-state index in [-0.39, 0.29) is 0 Å². The predicted molar refractivity (Wildman–Crippen MR) is 82.5 cm³/mol. The zero-order chi connectivity index (χ0) is 13.7. The lowest BCUT2D eigenvalue weighted by atomic mass is 10.2. The van der Waals surface area contributed by atoms with E-state index in [2.05, 4.69) is 10.6 Å². The van der Waals surface area contributed by atoms with Crippen LogP contribution in [0, 0.1) is 11.3 Å². The molecule has 0 aliphatic heterocycles. The molecule has 0 atom stereocenters. The summed E-state index contributed by atoms with van der Waals surface area (Å²) in [4.78, 5) is 0. The van der Waals surface area contributed by atoms with Crippen LogP contribution in [0.2, 0.25) is 5.02 Å². The number of para-hydroxylation sites is 1. The number of hydrogen-bond donors (Lipinski definition) is 2. The van der Waals surface area contributed by atoms with Crippen LogP contribution >= 0.6 is 23.8 Å². The Morgan fingerprint density at radius 2 is 1.74 bits per heavy atom. The summed E-state index contributed by atoms with van der Waals surface area (Å²) < 4.78 is 0. The van der Waals surface area contributed by atoms with Gasteiger partial charge in [0, 0.05) is 11.4 Å². The Morgan fingerprint density at radius 3 is 2.37 bits per heavy atom. The second-order valence-electron chi connectivity index (χ2n) is 3.75. The smallest absolute Gasteiger partial charge is 0.175 e. The second-order valence-corrected chi connectivity index (χ2v) is 4.57. The average molecular weight is 288 g/mol. The van der Waals surface area contributed by atoms with Crippen molar-refractivity contribution in [2.75, 3.05) is 10.6 Å². The molecule has 94 valence electrons. The number of thiocarbonyl (C=S) groups is 1. The Balaban J connectivity index is 2.04. The third-order valence-electron chi connectivity index (χ3n) is 2.38. The molecule has 0 radical (unpaired) electrons. The van der Waals surface area contributed by atoms with E-state index in [1.54, 1.807) is 18.2 Å². The van der Waals surface area contributed by atoms with Crippen molar-refractivity contribution in [1.29, 1.82) is 5.26 Å². The molecule has 2 N–H and O–H groups in total. The summed E-state index contributed by atoms with van der Waals surface area (Å²) in [6.45, 7) is 0. The topological polar surface area (TPSA) is 47.9 Å². The Kier molecular flexibility index (Phi) is 4.35. The van der Waals surface area contributed by atoms with Crippen molar-refractivity contribution in [3.63, 3.8) is 0 Å². The number of benzene rings is 2. The highest BCUT2D eigenvalue weighted by atomic mass is 35.5. The number of hydrogen-bond acceptors (Lipinski definition) is 2. The van der Waals surface area contributed by atoms with Crippen molar-refractivity contribution in [3.8, 4) is 6.07 Å². The maximum Gasteiger partial charge on any atom is 0.175 e. The molecule has 0 aliphatic carbocycles. The standard InChI is InChI=1S/C14H10ClN3S/c15-13-8-12(7-6-10(13)9-16)18-14(19)17-11-4-2-1-3-5-11/h1-8H,(H2,17,18,19). The number of nitriles is 1. The van der Waals surface area contributed by atoms with Crippen LogP contribution in [0.3, 0.4) is 0 Å². The first-order chi connectivity index (χ1) is 9.19. The highest BCUT2D eigenvalue weighted by Crippen LogP contribution is 2.20. The molecule has 0 aromatic heterocycles. The zero-order valence-corrected chi connectivity index (χ0v) is 11.4. The summed E-state index contributed by atoms with van der Waals surface area (Å²) in [5.74, 6) is 0. The maximum absolute atomic E-state index is 8.79. The minimum atomic E-state index is 0.398. The molecule has 0 heterocycles. The third-order valence-corrected chi connectivity index (χ3v) is 2.90. The molecule has 2 rings (SSSR count). The Labute approximate surface area is 121 Å². The van der Waals surface area contributed by atoms with Gasteiger partial charge in [-0.1, -0.05) is 29.8 Å². The molecule has 3 nitrogen and oxygen atoms in total. The van der Waals surface area contributed by atoms with Gasteiger partial charge in [-0.05, 0) is 42.5 Å². The molecule has 0 fully saturated rings. The molecule has 0 spiro atoms. The minimum Gasteiger partial charge on any atom is -0.332 e. The van der Waals surface area contributed by atoms with Gasteiger partial charge in [-0.15, -0.1) is 0 Å². The average Bonchev–Trinajstić information content (AvgIpc) is 2.40.